The third kappa shape index (κ3) is 3.61. The van der Waals surface area contributed by atoms with Crippen LogP contribution in [0.25, 0.3) is 11.3 Å². The molecular formula is C21H25F2N7O2. The summed E-state index contributed by atoms with van der Waals surface area (Å²) in [5.74, 6) is 0.701. The van der Waals surface area contributed by atoms with Gasteiger partial charge < -0.3 is 20.2 Å². The number of H-pyrrole nitrogens is 1. The quantitative estimate of drug-likeness (QED) is 0.601. The Hall–Kier alpha value is -3.05. The number of aromatic nitrogens is 5. The molecule has 32 heavy (non-hydrogen) atoms. The number of nitrogens with zero attached hydrogens (tertiary/aromatic N) is 5. The smallest absolute Gasteiger partial charge is 0.387 e. The second kappa shape index (κ2) is 8.14. The highest BCUT2D eigenvalue weighted by Gasteiger charge is 2.47. The number of aromatic amines is 1. The lowest BCUT2D eigenvalue weighted by molar-refractivity contribution is -0.0742. The Labute approximate surface area is 183 Å². The van der Waals surface area contributed by atoms with Crippen molar-refractivity contribution in [3.63, 3.8) is 0 Å². The van der Waals surface area contributed by atoms with Crippen LogP contribution in [-0.4, -0.2) is 55.9 Å². The van der Waals surface area contributed by atoms with Gasteiger partial charge in [-0.3, -0.25) is 9.58 Å². The zero-order chi connectivity index (χ0) is 22.3. The van der Waals surface area contributed by atoms with E-state index in [1.807, 2.05) is 16.9 Å². The number of halogens is 2. The number of rotatable bonds is 6. The maximum atomic E-state index is 12.7. The minimum Gasteiger partial charge on any atom is -0.431 e. The van der Waals surface area contributed by atoms with Crippen molar-refractivity contribution in [2.45, 2.75) is 44.6 Å². The molecule has 11 heteroatoms. The summed E-state index contributed by atoms with van der Waals surface area (Å²) in [6.07, 6.45) is 6.89. The van der Waals surface area contributed by atoms with Gasteiger partial charge in [-0.25, -0.2) is 9.97 Å². The number of nitrogens with one attached hydrogen (secondary N) is 1. The molecule has 2 aliphatic rings. The second-order valence-corrected chi connectivity index (χ2v) is 8.09. The van der Waals surface area contributed by atoms with E-state index in [1.54, 1.807) is 6.20 Å². The van der Waals surface area contributed by atoms with Crippen molar-refractivity contribution in [1.29, 1.82) is 0 Å². The van der Waals surface area contributed by atoms with Gasteiger partial charge in [0.25, 0.3) is 0 Å². The van der Waals surface area contributed by atoms with Gasteiger partial charge in [0.05, 0.1) is 30.6 Å². The van der Waals surface area contributed by atoms with E-state index >= 15 is 0 Å². The van der Waals surface area contributed by atoms with Crippen LogP contribution in [0.15, 0.2) is 30.7 Å². The number of nitrogen functional groups attached to an aromatic ring is 1. The van der Waals surface area contributed by atoms with E-state index in [2.05, 4.69) is 31.5 Å². The molecule has 2 unspecified atom stereocenters. The van der Waals surface area contributed by atoms with Crippen molar-refractivity contribution in [3.8, 4) is 17.0 Å². The summed E-state index contributed by atoms with van der Waals surface area (Å²) in [7, 11) is 0. The number of alkyl halides is 2. The lowest BCUT2D eigenvalue weighted by atomic mass is 9.96. The van der Waals surface area contributed by atoms with E-state index < -0.39 is 12.2 Å². The molecule has 0 aromatic carbocycles. The molecule has 0 radical (unpaired) electrons. The first kappa shape index (κ1) is 20.8. The summed E-state index contributed by atoms with van der Waals surface area (Å²) in [4.78, 5) is 14.1. The molecule has 0 amide bonds. The van der Waals surface area contributed by atoms with Crippen LogP contribution >= 0.6 is 0 Å². The van der Waals surface area contributed by atoms with E-state index in [1.165, 1.54) is 12.3 Å². The second-order valence-electron chi connectivity index (χ2n) is 8.09. The molecule has 1 saturated heterocycles. The third-order valence-electron chi connectivity index (χ3n) is 6.25. The first-order valence-corrected chi connectivity index (χ1v) is 10.7. The van der Waals surface area contributed by atoms with Crippen molar-refractivity contribution >= 4 is 5.82 Å². The maximum absolute atomic E-state index is 12.7. The number of nitrogens with two attached hydrogens (primary N) is 1. The summed E-state index contributed by atoms with van der Waals surface area (Å²) in [5.41, 5.74) is 7.35. The lowest BCUT2D eigenvalue weighted by Crippen LogP contribution is -2.41. The van der Waals surface area contributed by atoms with Gasteiger partial charge in [0.2, 0.25) is 0 Å². The summed E-state index contributed by atoms with van der Waals surface area (Å²) in [6.45, 7) is 1.93. The molecule has 0 saturated carbocycles. The van der Waals surface area contributed by atoms with Gasteiger partial charge in [-0.15, -0.1) is 0 Å². The molecular weight excluding hydrogens is 420 g/mol. The summed E-state index contributed by atoms with van der Waals surface area (Å²) in [5, 5.41) is 4.71. The summed E-state index contributed by atoms with van der Waals surface area (Å²) >= 11 is 0. The molecule has 3 N–H and O–H groups in total. The fourth-order valence-corrected chi connectivity index (χ4v) is 4.77. The van der Waals surface area contributed by atoms with E-state index in [-0.39, 0.29) is 17.6 Å². The highest BCUT2D eigenvalue weighted by Crippen LogP contribution is 2.42. The lowest BCUT2D eigenvalue weighted by Gasteiger charge is -2.35. The van der Waals surface area contributed by atoms with Crippen molar-refractivity contribution in [2.24, 2.45) is 0 Å². The van der Waals surface area contributed by atoms with Crippen molar-refractivity contribution < 1.29 is 18.3 Å². The number of imidazole rings is 1. The van der Waals surface area contributed by atoms with Gasteiger partial charge in [-0.1, -0.05) is 6.92 Å². The maximum Gasteiger partial charge on any atom is 0.387 e. The van der Waals surface area contributed by atoms with Gasteiger partial charge in [0.15, 0.2) is 11.6 Å². The van der Waals surface area contributed by atoms with Crippen LogP contribution in [0.5, 0.6) is 5.75 Å². The van der Waals surface area contributed by atoms with Crippen LogP contribution in [0.4, 0.5) is 14.6 Å². The third-order valence-corrected chi connectivity index (χ3v) is 6.25. The number of hydrogen-bond donors (Lipinski definition) is 2. The number of fused-ring (bicyclic) bond motifs is 2. The molecule has 5 rings (SSSR count). The average molecular weight is 445 g/mol. The first-order chi connectivity index (χ1) is 15.5. The summed E-state index contributed by atoms with van der Waals surface area (Å²) in [6, 6.07) is 3.58. The molecule has 0 aliphatic carbocycles. The Morgan fingerprint density at radius 3 is 2.94 bits per heavy atom. The standard InChI is InChI=1S/C21H25F2N7O2/c1-2-15(19-25-4-5-26-19)29-6-3-21(12-29)17-10-14(28-30(17)7-8-31-21)13-9-16(32-20(22)23)18(24)27-11-13/h4-5,9-11,15,20H,2-3,6-8,12H2,1H3,(H2,24,27)(H,25,26). The average Bonchev–Trinajstić information content (AvgIpc) is 3.51. The highest BCUT2D eigenvalue weighted by molar-refractivity contribution is 5.64. The Kier molecular flexibility index (Phi) is 5.30. The number of pyridine rings is 1. The van der Waals surface area contributed by atoms with E-state index in [9.17, 15) is 8.78 Å². The minimum atomic E-state index is -2.98. The van der Waals surface area contributed by atoms with Crippen molar-refractivity contribution in [3.05, 3.63) is 42.2 Å². The van der Waals surface area contributed by atoms with Crippen molar-refractivity contribution in [2.75, 3.05) is 25.4 Å². The fourth-order valence-electron chi connectivity index (χ4n) is 4.77. The van der Waals surface area contributed by atoms with Gasteiger partial charge in [-0.2, -0.15) is 13.9 Å². The Morgan fingerprint density at radius 2 is 2.19 bits per heavy atom. The monoisotopic (exact) mass is 445 g/mol. The molecule has 2 atom stereocenters. The number of likely N-dealkylation sites (tertiary alicyclic amines) is 1. The Bertz CT molecular complexity index is 1090. The minimum absolute atomic E-state index is 0.0900. The normalized spacial score (nSPS) is 21.9. The van der Waals surface area contributed by atoms with Crippen LogP contribution in [0, 0.1) is 0 Å². The zero-order valence-corrected chi connectivity index (χ0v) is 17.7. The van der Waals surface area contributed by atoms with Crippen LogP contribution < -0.4 is 10.5 Å². The fraction of sp³-hybridized carbons (Fsp3) is 0.476. The van der Waals surface area contributed by atoms with Crippen LogP contribution in [0.1, 0.15) is 37.3 Å². The highest BCUT2D eigenvalue weighted by atomic mass is 19.3. The predicted molar refractivity (Wildman–Crippen MR) is 112 cm³/mol. The van der Waals surface area contributed by atoms with E-state index in [4.69, 9.17) is 15.6 Å². The molecule has 5 heterocycles. The van der Waals surface area contributed by atoms with Crippen LogP contribution in [0.2, 0.25) is 0 Å². The molecule has 1 fully saturated rings. The van der Waals surface area contributed by atoms with Crippen LogP contribution in [-0.2, 0) is 16.9 Å². The molecule has 0 bridgehead atoms. The topological polar surface area (TPSA) is 107 Å². The number of ether oxygens (including phenoxy) is 2. The predicted octanol–water partition coefficient (Wildman–Crippen LogP) is 2.93. The molecule has 3 aromatic rings. The molecule has 1 spiro atoms. The Balaban J connectivity index is 1.44. The molecule has 170 valence electrons. The molecule has 2 aliphatic heterocycles. The number of hydrogen-bond acceptors (Lipinski definition) is 7. The summed E-state index contributed by atoms with van der Waals surface area (Å²) < 4.78 is 38.2. The van der Waals surface area contributed by atoms with Crippen LogP contribution in [0.3, 0.4) is 0 Å². The first-order valence-electron chi connectivity index (χ1n) is 10.7. The molecule has 3 aromatic heterocycles. The van der Waals surface area contributed by atoms with Gasteiger partial charge >= 0.3 is 6.61 Å². The number of anilines is 1. The van der Waals surface area contributed by atoms with Gasteiger partial charge in [0, 0.05) is 37.2 Å². The van der Waals surface area contributed by atoms with E-state index in [0.717, 1.165) is 37.4 Å². The van der Waals surface area contributed by atoms with E-state index in [0.29, 0.717) is 24.4 Å². The van der Waals surface area contributed by atoms with Gasteiger partial charge in [-0.05, 0) is 25.0 Å². The molecule has 9 nitrogen and oxygen atoms in total. The largest absolute Gasteiger partial charge is 0.431 e. The Morgan fingerprint density at radius 1 is 1.31 bits per heavy atom. The van der Waals surface area contributed by atoms with Crippen molar-refractivity contribution in [1.82, 2.24) is 29.6 Å². The SMILES string of the molecule is CCC(c1ncc[nH]1)N1CCC2(C1)OCCn1nc(-c3cnc(N)c(OC(F)F)c3)cc12. The zero-order valence-electron chi connectivity index (χ0n) is 17.7. The van der Waals surface area contributed by atoms with Gasteiger partial charge in [0.1, 0.15) is 11.4 Å².